The summed E-state index contributed by atoms with van der Waals surface area (Å²) < 4.78 is 11.0. The standard InChI is InChI=1S/C16H15N5O4/c1-24-13-5-3-2-4-11(13)8-19-14(22)10-21-15(20-25-16(21)23)12-9-17-6-7-18-12/h2-7,9H,8,10H2,1H3,(H,19,22). The largest absolute Gasteiger partial charge is 0.496 e. The number of rotatable bonds is 6. The molecule has 2 aromatic heterocycles. The van der Waals surface area contributed by atoms with E-state index in [0.29, 0.717) is 11.4 Å². The number of para-hydroxylation sites is 1. The van der Waals surface area contributed by atoms with E-state index < -0.39 is 5.76 Å². The van der Waals surface area contributed by atoms with Gasteiger partial charge in [0.1, 0.15) is 18.0 Å². The highest BCUT2D eigenvalue weighted by Gasteiger charge is 2.17. The number of hydrogen-bond donors (Lipinski definition) is 1. The van der Waals surface area contributed by atoms with Crippen LogP contribution in [0.5, 0.6) is 5.75 Å². The maximum atomic E-state index is 12.2. The van der Waals surface area contributed by atoms with E-state index >= 15 is 0 Å². The molecule has 0 spiro atoms. The van der Waals surface area contributed by atoms with Crippen molar-refractivity contribution in [1.82, 2.24) is 25.0 Å². The van der Waals surface area contributed by atoms with Crippen molar-refractivity contribution in [2.75, 3.05) is 7.11 Å². The lowest BCUT2D eigenvalue weighted by molar-refractivity contribution is -0.121. The fourth-order valence-corrected chi connectivity index (χ4v) is 2.25. The number of carbonyl (C=O) groups is 1. The summed E-state index contributed by atoms with van der Waals surface area (Å²) in [6.45, 7) is 0.0206. The Kier molecular flexibility index (Phi) is 4.84. The molecule has 9 heteroatoms. The Labute approximate surface area is 142 Å². The lowest BCUT2D eigenvalue weighted by Crippen LogP contribution is -2.31. The van der Waals surface area contributed by atoms with E-state index in [0.717, 1.165) is 10.1 Å². The Morgan fingerprint density at radius 2 is 2.16 bits per heavy atom. The molecule has 0 bridgehead atoms. The van der Waals surface area contributed by atoms with Crippen molar-refractivity contribution in [2.24, 2.45) is 0 Å². The first-order valence-electron chi connectivity index (χ1n) is 7.40. The first kappa shape index (κ1) is 16.4. The molecule has 128 valence electrons. The van der Waals surface area contributed by atoms with Gasteiger partial charge in [0.05, 0.1) is 13.3 Å². The maximum Gasteiger partial charge on any atom is 0.442 e. The number of nitrogens with zero attached hydrogens (tertiary/aromatic N) is 4. The quantitative estimate of drug-likeness (QED) is 0.699. The van der Waals surface area contributed by atoms with Crippen molar-refractivity contribution in [3.63, 3.8) is 0 Å². The molecule has 0 aliphatic heterocycles. The third-order valence-electron chi connectivity index (χ3n) is 3.45. The van der Waals surface area contributed by atoms with Crippen LogP contribution in [-0.2, 0) is 17.9 Å². The van der Waals surface area contributed by atoms with Crippen LogP contribution in [0.15, 0.2) is 52.2 Å². The molecule has 9 nitrogen and oxygen atoms in total. The zero-order valence-corrected chi connectivity index (χ0v) is 13.4. The number of aromatic nitrogens is 4. The Balaban J connectivity index is 1.72. The van der Waals surface area contributed by atoms with Gasteiger partial charge in [-0.05, 0) is 6.07 Å². The molecule has 3 rings (SSSR count). The minimum absolute atomic E-state index is 0.144. The second-order valence-electron chi connectivity index (χ2n) is 5.04. The second kappa shape index (κ2) is 7.39. The highest BCUT2D eigenvalue weighted by Crippen LogP contribution is 2.16. The number of benzene rings is 1. The highest BCUT2D eigenvalue weighted by atomic mass is 16.5. The number of methoxy groups -OCH3 is 1. The molecule has 3 aromatic rings. The fourth-order valence-electron chi connectivity index (χ4n) is 2.25. The number of hydrogen-bond acceptors (Lipinski definition) is 7. The number of carbonyl (C=O) groups excluding carboxylic acids is 1. The summed E-state index contributed by atoms with van der Waals surface area (Å²) in [7, 11) is 1.56. The maximum absolute atomic E-state index is 12.2. The van der Waals surface area contributed by atoms with Gasteiger partial charge < -0.3 is 10.1 Å². The average molecular weight is 341 g/mol. The minimum atomic E-state index is -0.743. The molecule has 0 radical (unpaired) electrons. The van der Waals surface area contributed by atoms with Crippen LogP contribution in [-0.4, -0.2) is 32.7 Å². The Hall–Kier alpha value is -3.49. The van der Waals surface area contributed by atoms with Gasteiger partial charge in [0.15, 0.2) is 0 Å². The van der Waals surface area contributed by atoms with Crippen LogP contribution >= 0.6 is 0 Å². The van der Waals surface area contributed by atoms with E-state index in [2.05, 4.69) is 25.0 Å². The van der Waals surface area contributed by atoms with E-state index in [1.165, 1.54) is 18.6 Å². The summed E-state index contributed by atoms with van der Waals surface area (Å²) in [6, 6.07) is 7.34. The van der Waals surface area contributed by atoms with Gasteiger partial charge in [-0.1, -0.05) is 23.4 Å². The Bertz CT molecular complexity index is 920. The van der Waals surface area contributed by atoms with Crippen molar-refractivity contribution in [3.8, 4) is 17.3 Å². The summed E-state index contributed by atoms with van der Waals surface area (Å²) in [5, 5.41) is 6.39. The minimum Gasteiger partial charge on any atom is -0.496 e. The topological polar surface area (TPSA) is 112 Å². The van der Waals surface area contributed by atoms with Crippen LogP contribution in [0.4, 0.5) is 0 Å². The third kappa shape index (κ3) is 3.71. The number of nitrogens with one attached hydrogen (secondary N) is 1. The molecule has 0 aliphatic rings. The predicted molar refractivity (Wildman–Crippen MR) is 86.6 cm³/mol. The monoisotopic (exact) mass is 341 g/mol. The van der Waals surface area contributed by atoms with Crippen LogP contribution in [0.3, 0.4) is 0 Å². The summed E-state index contributed by atoms with van der Waals surface area (Å²) in [4.78, 5) is 32.0. The van der Waals surface area contributed by atoms with E-state index in [1.54, 1.807) is 13.2 Å². The van der Waals surface area contributed by atoms with Gasteiger partial charge in [0.25, 0.3) is 0 Å². The number of ether oxygens (including phenoxy) is 1. The molecular weight excluding hydrogens is 326 g/mol. The first-order valence-corrected chi connectivity index (χ1v) is 7.40. The molecule has 1 aromatic carbocycles. The smallest absolute Gasteiger partial charge is 0.442 e. The summed E-state index contributed by atoms with van der Waals surface area (Å²) in [5.74, 6) is -0.301. The van der Waals surface area contributed by atoms with Crippen molar-refractivity contribution in [1.29, 1.82) is 0 Å². The SMILES string of the molecule is COc1ccccc1CNC(=O)Cn1c(-c2cnccn2)noc1=O. The van der Waals surface area contributed by atoms with Crippen LogP contribution in [0.2, 0.25) is 0 Å². The molecule has 25 heavy (non-hydrogen) atoms. The predicted octanol–water partition coefficient (Wildman–Crippen LogP) is 0.618. The van der Waals surface area contributed by atoms with Gasteiger partial charge in [-0.25, -0.2) is 14.3 Å². The fraction of sp³-hybridized carbons (Fsp3) is 0.188. The molecule has 0 atom stereocenters. The molecule has 1 amide bonds. The molecule has 0 unspecified atom stereocenters. The lowest BCUT2D eigenvalue weighted by Gasteiger charge is -2.09. The lowest BCUT2D eigenvalue weighted by atomic mass is 10.2. The highest BCUT2D eigenvalue weighted by molar-refractivity contribution is 5.76. The van der Waals surface area contributed by atoms with E-state index in [1.807, 2.05) is 18.2 Å². The van der Waals surface area contributed by atoms with Crippen molar-refractivity contribution in [2.45, 2.75) is 13.1 Å². The van der Waals surface area contributed by atoms with Crippen molar-refractivity contribution < 1.29 is 14.1 Å². The molecule has 0 aliphatic carbocycles. The molecule has 0 saturated heterocycles. The van der Waals surface area contributed by atoms with Gasteiger partial charge in [-0.2, -0.15) is 0 Å². The normalized spacial score (nSPS) is 10.4. The van der Waals surface area contributed by atoms with E-state index in [-0.39, 0.29) is 24.8 Å². The van der Waals surface area contributed by atoms with Gasteiger partial charge in [0, 0.05) is 24.5 Å². The van der Waals surface area contributed by atoms with Gasteiger partial charge in [0.2, 0.25) is 11.7 Å². The van der Waals surface area contributed by atoms with Crippen molar-refractivity contribution in [3.05, 3.63) is 59.0 Å². The van der Waals surface area contributed by atoms with Crippen LogP contribution < -0.4 is 15.8 Å². The van der Waals surface area contributed by atoms with Crippen LogP contribution in [0, 0.1) is 0 Å². The number of amides is 1. The van der Waals surface area contributed by atoms with Gasteiger partial charge >= 0.3 is 5.76 Å². The molecule has 0 saturated carbocycles. The molecular formula is C16H15N5O4. The Morgan fingerprint density at radius 1 is 1.32 bits per heavy atom. The zero-order chi connectivity index (χ0) is 17.6. The second-order valence-corrected chi connectivity index (χ2v) is 5.04. The summed E-state index contributed by atoms with van der Waals surface area (Å²) >= 11 is 0. The van der Waals surface area contributed by atoms with Crippen LogP contribution in [0.1, 0.15) is 5.56 Å². The van der Waals surface area contributed by atoms with E-state index in [9.17, 15) is 9.59 Å². The zero-order valence-electron chi connectivity index (χ0n) is 13.4. The summed E-state index contributed by atoms with van der Waals surface area (Å²) in [6.07, 6.45) is 4.38. The summed E-state index contributed by atoms with van der Waals surface area (Å²) in [5.41, 5.74) is 1.16. The van der Waals surface area contributed by atoms with Gasteiger partial charge in [-0.15, -0.1) is 0 Å². The Morgan fingerprint density at radius 3 is 2.92 bits per heavy atom. The molecule has 0 fully saturated rings. The van der Waals surface area contributed by atoms with Gasteiger partial charge in [-0.3, -0.25) is 14.3 Å². The van der Waals surface area contributed by atoms with Crippen molar-refractivity contribution >= 4 is 5.91 Å². The van der Waals surface area contributed by atoms with E-state index in [4.69, 9.17) is 4.74 Å². The van der Waals surface area contributed by atoms with Crippen LogP contribution in [0.25, 0.3) is 11.5 Å². The molecule has 2 heterocycles. The average Bonchev–Trinajstić information content (AvgIpc) is 3.01. The third-order valence-corrected chi connectivity index (χ3v) is 3.45. The first-order chi connectivity index (χ1) is 12.2. The molecule has 1 N–H and O–H groups in total.